The Morgan fingerprint density at radius 2 is 1.89 bits per heavy atom. The molecular formula is C13H10BrClFNO. The lowest BCUT2D eigenvalue weighted by molar-refractivity contribution is 0.442. The van der Waals surface area contributed by atoms with Gasteiger partial charge in [0.05, 0.1) is 5.02 Å². The fraction of sp³-hybridized carbons (Fsp3) is 0.0769. The highest BCUT2D eigenvalue weighted by Gasteiger charge is 2.08. The Balaban J connectivity index is 2.28. The average molecular weight is 331 g/mol. The van der Waals surface area contributed by atoms with Crippen molar-refractivity contribution in [3.8, 4) is 11.5 Å². The lowest BCUT2D eigenvalue weighted by Crippen LogP contribution is -1.96. The molecule has 0 aliphatic carbocycles. The third-order valence-electron chi connectivity index (χ3n) is 2.35. The Kier molecular flexibility index (Phi) is 4.22. The maximum atomic E-state index is 13.6. The van der Waals surface area contributed by atoms with Crippen LogP contribution in [0.1, 0.15) is 5.56 Å². The lowest BCUT2D eigenvalue weighted by Gasteiger charge is -2.09. The van der Waals surface area contributed by atoms with Gasteiger partial charge in [-0.1, -0.05) is 33.6 Å². The van der Waals surface area contributed by atoms with Crippen LogP contribution in [0.15, 0.2) is 40.9 Å². The van der Waals surface area contributed by atoms with Crippen molar-refractivity contribution in [2.24, 2.45) is 5.73 Å². The van der Waals surface area contributed by atoms with Crippen LogP contribution in [0.4, 0.5) is 4.39 Å². The molecular weight excluding hydrogens is 321 g/mol. The molecule has 0 fully saturated rings. The minimum Gasteiger partial charge on any atom is -0.453 e. The van der Waals surface area contributed by atoms with Crippen molar-refractivity contribution >= 4 is 27.5 Å². The summed E-state index contributed by atoms with van der Waals surface area (Å²) in [5.41, 5.74) is 6.39. The SMILES string of the molecule is NCc1ccc(Oc2ccc(Br)cc2F)c(Cl)c1. The van der Waals surface area contributed by atoms with E-state index in [1.807, 2.05) is 0 Å². The highest BCUT2D eigenvalue weighted by molar-refractivity contribution is 9.10. The van der Waals surface area contributed by atoms with Crippen LogP contribution in [-0.4, -0.2) is 0 Å². The zero-order chi connectivity index (χ0) is 13.1. The maximum Gasteiger partial charge on any atom is 0.166 e. The van der Waals surface area contributed by atoms with Gasteiger partial charge in [0.2, 0.25) is 0 Å². The summed E-state index contributed by atoms with van der Waals surface area (Å²) >= 11 is 9.21. The lowest BCUT2D eigenvalue weighted by atomic mass is 10.2. The van der Waals surface area contributed by atoms with Crippen LogP contribution >= 0.6 is 27.5 Å². The highest BCUT2D eigenvalue weighted by atomic mass is 79.9. The van der Waals surface area contributed by atoms with E-state index >= 15 is 0 Å². The van der Waals surface area contributed by atoms with E-state index in [1.54, 1.807) is 24.3 Å². The standard InChI is InChI=1S/C13H10BrClFNO/c14-9-2-4-13(11(16)6-9)18-12-3-1-8(7-17)5-10(12)15/h1-6H,7,17H2. The van der Waals surface area contributed by atoms with Gasteiger partial charge in [-0.15, -0.1) is 0 Å². The van der Waals surface area contributed by atoms with Crippen LogP contribution < -0.4 is 10.5 Å². The van der Waals surface area contributed by atoms with Gasteiger partial charge in [-0.3, -0.25) is 0 Å². The van der Waals surface area contributed by atoms with Gasteiger partial charge in [0.1, 0.15) is 5.75 Å². The fourth-order valence-electron chi connectivity index (χ4n) is 1.43. The molecule has 0 spiro atoms. The highest BCUT2D eigenvalue weighted by Crippen LogP contribution is 2.32. The smallest absolute Gasteiger partial charge is 0.166 e. The van der Waals surface area contributed by atoms with E-state index in [1.165, 1.54) is 12.1 Å². The first-order valence-electron chi connectivity index (χ1n) is 5.21. The van der Waals surface area contributed by atoms with Crippen LogP contribution in [0, 0.1) is 5.82 Å². The van der Waals surface area contributed by atoms with E-state index in [9.17, 15) is 4.39 Å². The van der Waals surface area contributed by atoms with E-state index in [0.29, 0.717) is 21.8 Å². The first-order chi connectivity index (χ1) is 8.60. The number of halogens is 3. The molecule has 2 aromatic carbocycles. The van der Waals surface area contributed by atoms with E-state index in [0.717, 1.165) is 5.56 Å². The van der Waals surface area contributed by atoms with Crippen molar-refractivity contribution in [2.75, 3.05) is 0 Å². The van der Waals surface area contributed by atoms with Gasteiger partial charge < -0.3 is 10.5 Å². The van der Waals surface area contributed by atoms with E-state index < -0.39 is 5.82 Å². The summed E-state index contributed by atoms with van der Waals surface area (Å²) in [6.07, 6.45) is 0. The quantitative estimate of drug-likeness (QED) is 0.899. The van der Waals surface area contributed by atoms with Gasteiger partial charge in [0, 0.05) is 11.0 Å². The number of hydrogen-bond donors (Lipinski definition) is 1. The van der Waals surface area contributed by atoms with Crippen molar-refractivity contribution in [3.63, 3.8) is 0 Å². The second-order valence-corrected chi connectivity index (χ2v) is 4.97. The zero-order valence-corrected chi connectivity index (χ0v) is 11.6. The predicted octanol–water partition coefficient (Wildman–Crippen LogP) is 4.49. The second kappa shape index (κ2) is 5.69. The summed E-state index contributed by atoms with van der Waals surface area (Å²) in [6.45, 7) is 0.395. The number of hydrogen-bond acceptors (Lipinski definition) is 2. The summed E-state index contributed by atoms with van der Waals surface area (Å²) in [4.78, 5) is 0. The van der Waals surface area contributed by atoms with Crippen LogP contribution in [-0.2, 0) is 6.54 Å². The van der Waals surface area contributed by atoms with Crippen molar-refractivity contribution in [1.82, 2.24) is 0 Å². The molecule has 0 aromatic heterocycles. The summed E-state index contributed by atoms with van der Waals surface area (Å²) < 4.78 is 19.7. The monoisotopic (exact) mass is 329 g/mol. The molecule has 2 nitrogen and oxygen atoms in total. The minimum atomic E-state index is -0.455. The molecule has 2 N–H and O–H groups in total. The largest absolute Gasteiger partial charge is 0.453 e. The summed E-state index contributed by atoms with van der Waals surface area (Å²) in [5.74, 6) is 0.0685. The van der Waals surface area contributed by atoms with Crippen molar-refractivity contribution in [1.29, 1.82) is 0 Å². The van der Waals surface area contributed by atoms with E-state index in [-0.39, 0.29) is 5.75 Å². The van der Waals surface area contributed by atoms with Crippen LogP contribution in [0.5, 0.6) is 11.5 Å². The van der Waals surface area contributed by atoms with Gasteiger partial charge in [0.15, 0.2) is 11.6 Å². The molecule has 0 atom stereocenters. The Morgan fingerprint density at radius 1 is 1.17 bits per heavy atom. The number of nitrogens with two attached hydrogens (primary N) is 1. The maximum absolute atomic E-state index is 13.6. The molecule has 0 saturated carbocycles. The van der Waals surface area contributed by atoms with Crippen LogP contribution in [0.2, 0.25) is 5.02 Å². The Bertz CT molecular complexity index is 577. The molecule has 0 saturated heterocycles. The fourth-order valence-corrected chi connectivity index (χ4v) is 2.01. The van der Waals surface area contributed by atoms with Crippen molar-refractivity contribution < 1.29 is 9.13 Å². The van der Waals surface area contributed by atoms with Crippen LogP contribution in [0.25, 0.3) is 0 Å². The molecule has 0 heterocycles. The number of ether oxygens (including phenoxy) is 1. The third-order valence-corrected chi connectivity index (χ3v) is 3.13. The molecule has 0 aliphatic rings. The molecule has 0 bridgehead atoms. The Morgan fingerprint density at radius 3 is 2.50 bits per heavy atom. The average Bonchev–Trinajstić information content (AvgIpc) is 2.34. The summed E-state index contributed by atoms with van der Waals surface area (Å²) in [7, 11) is 0. The van der Waals surface area contributed by atoms with Gasteiger partial charge in [-0.2, -0.15) is 0 Å². The Labute approximate surface area is 118 Å². The molecule has 0 aliphatic heterocycles. The predicted molar refractivity (Wildman–Crippen MR) is 73.5 cm³/mol. The molecule has 2 aromatic rings. The van der Waals surface area contributed by atoms with Gasteiger partial charge in [0.25, 0.3) is 0 Å². The van der Waals surface area contributed by atoms with Gasteiger partial charge in [-0.25, -0.2) is 4.39 Å². The van der Waals surface area contributed by atoms with E-state index in [2.05, 4.69) is 15.9 Å². The first kappa shape index (κ1) is 13.3. The molecule has 5 heteroatoms. The normalized spacial score (nSPS) is 10.4. The molecule has 0 radical (unpaired) electrons. The van der Waals surface area contributed by atoms with E-state index in [4.69, 9.17) is 22.1 Å². The van der Waals surface area contributed by atoms with Crippen molar-refractivity contribution in [3.05, 3.63) is 57.3 Å². The number of benzene rings is 2. The van der Waals surface area contributed by atoms with Gasteiger partial charge >= 0.3 is 0 Å². The Hall–Kier alpha value is -1.10. The van der Waals surface area contributed by atoms with Gasteiger partial charge in [-0.05, 0) is 35.9 Å². The minimum absolute atomic E-state index is 0.126. The van der Waals surface area contributed by atoms with Crippen molar-refractivity contribution in [2.45, 2.75) is 6.54 Å². The molecule has 18 heavy (non-hydrogen) atoms. The molecule has 2 rings (SSSR count). The topological polar surface area (TPSA) is 35.2 Å². The molecule has 94 valence electrons. The first-order valence-corrected chi connectivity index (χ1v) is 6.38. The third kappa shape index (κ3) is 3.02. The van der Waals surface area contributed by atoms with Crippen LogP contribution in [0.3, 0.4) is 0 Å². The molecule has 0 unspecified atom stereocenters. The number of rotatable bonds is 3. The zero-order valence-electron chi connectivity index (χ0n) is 9.29. The summed E-state index contributed by atoms with van der Waals surface area (Å²) in [6, 6.07) is 9.72. The summed E-state index contributed by atoms with van der Waals surface area (Å²) in [5, 5.41) is 0.403. The molecule has 0 amide bonds. The second-order valence-electron chi connectivity index (χ2n) is 3.65.